The van der Waals surface area contributed by atoms with E-state index in [0.29, 0.717) is 0 Å². The number of aromatic amines is 1. The Morgan fingerprint density at radius 2 is 2.12 bits per heavy atom. The Balaban J connectivity index is 1.25. The molecule has 0 saturated heterocycles. The van der Waals surface area contributed by atoms with Crippen molar-refractivity contribution in [1.82, 2.24) is 9.97 Å². The normalized spacial score (nSPS) is 15.8. The second-order valence-electron chi connectivity index (χ2n) is 8.97. The van der Waals surface area contributed by atoms with Gasteiger partial charge >= 0.3 is 0 Å². The molecule has 2 unspecified atom stereocenters. The summed E-state index contributed by atoms with van der Waals surface area (Å²) in [7, 11) is 0. The van der Waals surface area contributed by atoms with Crippen molar-refractivity contribution in [2.45, 2.75) is 45.3 Å². The van der Waals surface area contributed by atoms with Gasteiger partial charge in [-0.1, -0.05) is 23.4 Å². The van der Waals surface area contributed by atoms with Gasteiger partial charge in [-0.2, -0.15) is 4.91 Å². The lowest BCUT2D eigenvalue weighted by Crippen LogP contribution is -2.06. The smallest absolute Gasteiger partial charge is 0.134 e. The van der Waals surface area contributed by atoms with Crippen LogP contribution in [0.2, 0.25) is 0 Å². The van der Waals surface area contributed by atoms with Crippen LogP contribution in [0, 0.1) is 11.8 Å². The number of aliphatic hydroxyl groups excluding tert-OH is 1. The molecule has 174 valence electrons. The van der Waals surface area contributed by atoms with Crippen molar-refractivity contribution >= 4 is 28.0 Å². The van der Waals surface area contributed by atoms with Crippen LogP contribution < -0.4 is 10.6 Å². The van der Waals surface area contributed by atoms with E-state index in [2.05, 4.69) is 57.0 Å². The molecule has 2 heterocycles. The Kier molecular flexibility index (Phi) is 6.02. The standard InChI is InChI=1S/C27H29N5O2/c1-16-14-19(31-24-11-13-29-27-22(24)7-9-25(27)32-34)6-8-23(16)28-12-10-18-15-30-26-20(17(2)33)4-3-5-21(18)26/h3-6,8,11,13-15,17,25,28,30,33H,7,9-10,12H2,1-2H3,(H,29,31). The van der Waals surface area contributed by atoms with Crippen molar-refractivity contribution in [3.8, 4) is 0 Å². The van der Waals surface area contributed by atoms with E-state index in [0.717, 1.165) is 76.2 Å². The Morgan fingerprint density at radius 3 is 2.91 bits per heavy atom. The van der Waals surface area contributed by atoms with E-state index in [1.807, 2.05) is 24.4 Å². The molecule has 5 rings (SSSR count). The molecule has 0 saturated carbocycles. The summed E-state index contributed by atoms with van der Waals surface area (Å²) in [6, 6.07) is 14.0. The predicted molar refractivity (Wildman–Crippen MR) is 137 cm³/mol. The fraction of sp³-hybridized carbons (Fsp3) is 0.296. The maximum absolute atomic E-state index is 11.1. The third-order valence-electron chi connectivity index (χ3n) is 6.70. The van der Waals surface area contributed by atoms with Crippen LogP contribution in [-0.2, 0) is 12.8 Å². The monoisotopic (exact) mass is 455 g/mol. The van der Waals surface area contributed by atoms with Crippen molar-refractivity contribution in [3.05, 3.63) is 87.7 Å². The van der Waals surface area contributed by atoms with Gasteiger partial charge in [0.2, 0.25) is 0 Å². The number of H-pyrrole nitrogens is 1. The molecule has 0 amide bonds. The van der Waals surface area contributed by atoms with Gasteiger partial charge in [-0.3, -0.25) is 4.98 Å². The first-order chi connectivity index (χ1) is 16.5. The average Bonchev–Trinajstić information content (AvgIpc) is 3.45. The molecule has 0 spiro atoms. The zero-order chi connectivity index (χ0) is 23.7. The number of para-hydroxylation sites is 1. The summed E-state index contributed by atoms with van der Waals surface area (Å²) in [5.41, 5.74) is 9.30. The topological polar surface area (TPSA) is 102 Å². The molecule has 0 fully saturated rings. The van der Waals surface area contributed by atoms with E-state index >= 15 is 0 Å². The molecule has 0 radical (unpaired) electrons. The molecule has 1 aliphatic carbocycles. The Bertz CT molecular complexity index is 1340. The number of aromatic nitrogens is 2. The molecule has 34 heavy (non-hydrogen) atoms. The zero-order valence-corrected chi connectivity index (χ0v) is 19.4. The van der Waals surface area contributed by atoms with Crippen LogP contribution in [0.25, 0.3) is 10.9 Å². The van der Waals surface area contributed by atoms with E-state index in [-0.39, 0.29) is 6.04 Å². The predicted octanol–water partition coefficient (Wildman–Crippen LogP) is 6.08. The first-order valence-corrected chi connectivity index (χ1v) is 11.7. The van der Waals surface area contributed by atoms with Gasteiger partial charge in [0.15, 0.2) is 0 Å². The van der Waals surface area contributed by atoms with Crippen molar-refractivity contribution in [1.29, 1.82) is 0 Å². The number of aliphatic hydroxyl groups is 1. The lowest BCUT2D eigenvalue weighted by molar-refractivity contribution is 0.200. The number of aryl methyl sites for hydroxylation is 1. The lowest BCUT2D eigenvalue weighted by Gasteiger charge is -2.14. The van der Waals surface area contributed by atoms with Crippen LogP contribution in [0.1, 0.15) is 53.4 Å². The first kappa shape index (κ1) is 22.1. The van der Waals surface area contributed by atoms with E-state index in [1.54, 1.807) is 13.1 Å². The number of hydrogen-bond donors (Lipinski definition) is 4. The molecule has 0 aliphatic heterocycles. The number of hydrogen-bond acceptors (Lipinski definition) is 6. The second kappa shape index (κ2) is 9.27. The number of anilines is 3. The summed E-state index contributed by atoms with van der Waals surface area (Å²) < 4.78 is 0. The van der Waals surface area contributed by atoms with Gasteiger partial charge in [-0.25, -0.2) is 0 Å². The number of fused-ring (bicyclic) bond motifs is 2. The highest BCUT2D eigenvalue weighted by molar-refractivity contribution is 5.86. The van der Waals surface area contributed by atoms with Crippen LogP contribution in [0.15, 0.2) is 60.0 Å². The third-order valence-corrected chi connectivity index (χ3v) is 6.70. The minimum absolute atomic E-state index is 0.333. The van der Waals surface area contributed by atoms with Gasteiger partial charge < -0.3 is 20.7 Å². The van der Waals surface area contributed by atoms with Gasteiger partial charge in [0.25, 0.3) is 0 Å². The number of nitrogens with one attached hydrogen (secondary N) is 3. The largest absolute Gasteiger partial charge is 0.389 e. The fourth-order valence-electron chi connectivity index (χ4n) is 4.91. The molecule has 7 heteroatoms. The lowest BCUT2D eigenvalue weighted by atomic mass is 10.0. The molecule has 7 nitrogen and oxygen atoms in total. The highest BCUT2D eigenvalue weighted by Gasteiger charge is 2.27. The number of nitrogens with zero attached hydrogens (tertiary/aromatic N) is 2. The quantitative estimate of drug-likeness (QED) is 0.241. The summed E-state index contributed by atoms with van der Waals surface area (Å²) in [4.78, 5) is 18.8. The van der Waals surface area contributed by atoms with Gasteiger partial charge in [0.1, 0.15) is 6.04 Å². The van der Waals surface area contributed by atoms with Crippen LogP contribution in [0.4, 0.5) is 17.1 Å². The SMILES string of the molecule is Cc1cc(Nc2ccnc3c2CCC3N=O)ccc1NCCc1c[nH]c2c(C(C)O)cccc12. The molecule has 4 N–H and O–H groups in total. The summed E-state index contributed by atoms with van der Waals surface area (Å²) in [5, 5.41) is 21.4. The molecule has 2 aromatic carbocycles. The minimum Gasteiger partial charge on any atom is -0.389 e. The maximum Gasteiger partial charge on any atom is 0.134 e. The Hall–Kier alpha value is -3.71. The molecular formula is C27H29N5O2. The van der Waals surface area contributed by atoms with Crippen LogP contribution in [0.3, 0.4) is 0 Å². The molecular weight excluding hydrogens is 426 g/mol. The highest BCUT2D eigenvalue weighted by atomic mass is 16.3. The van der Waals surface area contributed by atoms with Gasteiger partial charge in [-0.05, 0) is 74.1 Å². The maximum atomic E-state index is 11.1. The summed E-state index contributed by atoms with van der Waals surface area (Å²) >= 11 is 0. The fourth-order valence-corrected chi connectivity index (χ4v) is 4.91. The minimum atomic E-state index is -0.501. The number of nitroso groups, excluding NO2 is 1. The van der Waals surface area contributed by atoms with Crippen LogP contribution in [-0.4, -0.2) is 21.6 Å². The highest BCUT2D eigenvalue weighted by Crippen LogP contribution is 2.37. The second-order valence-corrected chi connectivity index (χ2v) is 8.97. The van der Waals surface area contributed by atoms with Crippen molar-refractivity contribution in [3.63, 3.8) is 0 Å². The molecule has 4 aromatic rings. The van der Waals surface area contributed by atoms with E-state index in [9.17, 15) is 10.0 Å². The summed E-state index contributed by atoms with van der Waals surface area (Å²) in [6.45, 7) is 4.69. The van der Waals surface area contributed by atoms with Crippen molar-refractivity contribution < 1.29 is 5.11 Å². The van der Waals surface area contributed by atoms with Crippen molar-refractivity contribution in [2.75, 3.05) is 17.2 Å². The first-order valence-electron chi connectivity index (χ1n) is 11.7. The number of benzene rings is 2. The molecule has 2 aromatic heterocycles. The van der Waals surface area contributed by atoms with Crippen LogP contribution >= 0.6 is 0 Å². The van der Waals surface area contributed by atoms with Crippen molar-refractivity contribution in [2.24, 2.45) is 5.18 Å². The number of rotatable bonds is 8. The van der Waals surface area contributed by atoms with Gasteiger partial charge in [0, 0.05) is 47.0 Å². The third kappa shape index (κ3) is 4.15. The summed E-state index contributed by atoms with van der Waals surface area (Å²) in [5.74, 6) is 0. The summed E-state index contributed by atoms with van der Waals surface area (Å²) in [6.07, 6.45) is 5.69. The Labute approximate surface area is 198 Å². The molecule has 2 atom stereocenters. The Morgan fingerprint density at radius 1 is 1.24 bits per heavy atom. The molecule has 1 aliphatic rings. The van der Waals surface area contributed by atoms with Gasteiger partial charge in [0.05, 0.1) is 17.3 Å². The average molecular weight is 456 g/mol. The zero-order valence-electron chi connectivity index (χ0n) is 19.4. The van der Waals surface area contributed by atoms with Crippen LogP contribution in [0.5, 0.6) is 0 Å². The number of pyridine rings is 1. The van der Waals surface area contributed by atoms with E-state index < -0.39 is 6.10 Å². The van der Waals surface area contributed by atoms with E-state index in [4.69, 9.17) is 0 Å². The molecule has 0 bridgehead atoms. The van der Waals surface area contributed by atoms with Gasteiger partial charge in [-0.15, -0.1) is 0 Å². The van der Waals surface area contributed by atoms with E-state index in [1.165, 1.54) is 5.56 Å².